The van der Waals surface area contributed by atoms with Crippen LogP contribution < -0.4 is 0 Å². The van der Waals surface area contributed by atoms with Crippen LogP contribution in [-0.2, 0) is 11.3 Å². The molecule has 0 saturated carbocycles. The Balaban J connectivity index is 1.86. The van der Waals surface area contributed by atoms with Gasteiger partial charge in [-0.25, -0.2) is 9.67 Å². The zero-order chi connectivity index (χ0) is 18.1. The lowest BCUT2D eigenvalue weighted by Gasteiger charge is -2.08. The van der Waals surface area contributed by atoms with Gasteiger partial charge in [0.25, 0.3) is 0 Å². The van der Waals surface area contributed by atoms with Gasteiger partial charge in [0, 0.05) is 37.2 Å². The van der Waals surface area contributed by atoms with Crippen LogP contribution in [0.2, 0.25) is 0 Å². The molecular weight excluding hydrogens is 328 g/mol. The van der Waals surface area contributed by atoms with Gasteiger partial charge in [0.1, 0.15) is 0 Å². The van der Waals surface area contributed by atoms with Gasteiger partial charge in [-0.15, -0.1) is 0 Å². The van der Waals surface area contributed by atoms with Crippen LogP contribution in [0.4, 0.5) is 0 Å². The topological polar surface area (TPSA) is 70.7 Å². The highest BCUT2D eigenvalue weighted by atomic mass is 16.5. The van der Waals surface area contributed by atoms with Crippen molar-refractivity contribution in [3.8, 4) is 17.1 Å². The summed E-state index contributed by atoms with van der Waals surface area (Å²) >= 11 is 0. The van der Waals surface area contributed by atoms with E-state index in [9.17, 15) is 0 Å². The molecule has 7 heteroatoms. The van der Waals surface area contributed by atoms with Crippen molar-refractivity contribution in [3.05, 3.63) is 41.7 Å². The first-order valence-corrected chi connectivity index (χ1v) is 9.17. The average Bonchev–Trinajstić information content (AvgIpc) is 3.36. The van der Waals surface area contributed by atoms with E-state index in [0.29, 0.717) is 6.61 Å². The first-order valence-electron chi connectivity index (χ1n) is 9.17. The van der Waals surface area contributed by atoms with Crippen molar-refractivity contribution in [2.45, 2.75) is 46.1 Å². The second-order valence-corrected chi connectivity index (χ2v) is 6.79. The van der Waals surface area contributed by atoms with Gasteiger partial charge in [0.15, 0.2) is 11.6 Å². The lowest BCUT2D eigenvalue weighted by molar-refractivity contribution is 0.193. The SMILES string of the molecule is CCCn1ncc(-c2nc([C@H]3CCOC3)nn2-c2ccncc2C)c1C. The average molecular weight is 352 g/mol. The third kappa shape index (κ3) is 2.92. The summed E-state index contributed by atoms with van der Waals surface area (Å²) in [5.41, 5.74) is 4.19. The number of hydrogen-bond acceptors (Lipinski definition) is 5. The predicted octanol–water partition coefficient (Wildman–Crippen LogP) is 3.06. The fourth-order valence-corrected chi connectivity index (χ4v) is 3.39. The summed E-state index contributed by atoms with van der Waals surface area (Å²) in [6.45, 7) is 8.65. The van der Waals surface area contributed by atoms with E-state index in [0.717, 1.165) is 60.2 Å². The molecule has 0 bridgehead atoms. The first-order chi connectivity index (χ1) is 12.7. The minimum absolute atomic E-state index is 0.253. The van der Waals surface area contributed by atoms with Gasteiger partial charge in [0.05, 0.1) is 24.1 Å². The van der Waals surface area contributed by atoms with Gasteiger partial charge in [-0.05, 0) is 38.3 Å². The van der Waals surface area contributed by atoms with Crippen LogP contribution in [0.1, 0.15) is 42.8 Å². The van der Waals surface area contributed by atoms with Crippen molar-refractivity contribution in [2.75, 3.05) is 13.2 Å². The second-order valence-electron chi connectivity index (χ2n) is 6.79. The number of pyridine rings is 1. The van der Waals surface area contributed by atoms with E-state index >= 15 is 0 Å². The molecule has 4 heterocycles. The minimum atomic E-state index is 0.253. The van der Waals surface area contributed by atoms with Crippen LogP contribution in [0.25, 0.3) is 17.1 Å². The third-order valence-electron chi connectivity index (χ3n) is 4.92. The van der Waals surface area contributed by atoms with Crippen molar-refractivity contribution in [1.82, 2.24) is 29.5 Å². The van der Waals surface area contributed by atoms with Gasteiger partial charge in [-0.2, -0.15) is 10.2 Å². The number of nitrogens with zero attached hydrogens (tertiary/aromatic N) is 6. The summed E-state index contributed by atoms with van der Waals surface area (Å²) in [4.78, 5) is 9.12. The fraction of sp³-hybridized carbons (Fsp3) is 0.474. The lowest BCUT2D eigenvalue weighted by Crippen LogP contribution is -2.05. The molecule has 0 aliphatic carbocycles. The molecule has 4 rings (SSSR count). The first kappa shape index (κ1) is 16.9. The van der Waals surface area contributed by atoms with E-state index in [1.54, 1.807) is 6.20 Å². The van der Waals surface area contributed by atoms with Crippen LogP contribution >= 0.6 is 0 Å². The largest absolute Gasteiger partial charge is 0.381 e. The number of ether oxygens (including phenoxy) is 1. The van der Waals surface area contributed by atoms with Crippen molar-refractivity contribution in [1.29, 1.82) is 0 Å². The van der Waals surface area contributed by atoms with Gasteiger partial charge >= 0.3 is 0 Å². The Morgan fingerprint density at radius 3 is 2.88 bits per heavy atom. The maximum absolute atomic E-state index is 5.54. The highest BCUT2D eigenvalue weighted by Crippen LogP contribution is 2.29. The molecule has 136 valence electrons. The lowest BCUT2D eigenvalue weighted by atomic mass is 10.1. The number of rotatable bonds is 5. The number of hydrogen-bond donors (Lipinski definition) is 0. The Hall–Kier alpha value is -2.54. The van der Waals surface area contributed by atoms with Gasteiger partial charge < -0.3 is 4.74 Å². The Bertz CT molecular complexity index is 907. The molecule has 0 unspecified atom stereocenters. The molecule has 3 aromatic rings. The minimum Gasteiger partial charge on any atom is -0.381 e. The van der Waals surface area contributed by atoms with Gasteiger partial charge in [0.2, 0.25) is 0 Å². The van der Waals surface area contributed by atoms with E-state index in [2.05, 4.69) is 23.9 Å². The molecule has 1 aliphatic rings. The normalized spacial score (nSPS) is 17.1. The van der Waals surface area contributed by atoms with Gasteiger partial charge in [-0.1, -0.05) is 6.92 Å². The van der Waals surface area contributed by atoms with Crippen molar-refractivity contribution in [2.24, 2.45) is 0 Å². The Kier molecular flexibility index (Phi) is 4.55. The molecular formula is C19H24N6O. The van der Waals surface area contributed by atoms with Crippen LogP contribution in [0.3, 0.4) is 0 Å². The Labute approximate surface area is 153 Å². The molecule has 1 aliphatic heterocycles. The number of aryl methyl sites for hydroxylation is 2. The monoisotopic (exact) mass is 352 g/mol. The Morgan fingerprint density at radius 2 is 2.15 bits per heavy atom. The molecule has 0 spiro atoms. The van der Waals surface area contributed by atoms with E-state index in [4.69, 9.17) is 14.8 Å². The van der Waals surface area contributed by atoms with Crippen molar-refractivity contribution < 1.29 is 4.74 Å². The zero-order valence-corrected chi connectivity index (χ0v) is 15.5. The summed E-state index contributed by atoms with van der Waals surface area (Å²) < 4.78 is 9.51. The molecule has 1 saturated heterocycles. The van der Waals surface area contributed by atoms with Crippen LogP contribution in [0.5, 0.6) is 0 Å². The van der Waals surface area contributed by atoms with Crippen LogP contribution in [-0.4, -0.2) is 42.7 Å². The van der Waals surface area contributed by atoms with Gasteiger partial charge in [-0.3, -0.25) is 9.67 Å². The molecule has 0 amide bonds. The Morgan fingerprint density at radius 1 is 1.27 bits per heavy atom. The zero-order valence-electron chi connectivity index (χ0n) is 15.5. The molecule has 7 nitrogen and oxygen atoms in total. The molecule has 26 heavy (non-hydrogen) atoms. The quantitative estimate of drug-likeness (QED) is 0.706. The summed E-state index contributed by atoms with van der Waals surface area (Å²) in [5.74, 6) is 1.93. The summed E-state index contributed by atoms with van der Waals surface area (Å²) in [6, 6.07) is 1.98. The second kappa shape index (κ2) is 6.99. The fourth-order valence-electron chi connectivity index (χ4n) is 3.39. The molecule has 0 aromatic carbocycles. The van der Waals surface area contributed by atoms with Crippen LogP contribution in [0, 0.1) is 13.8 Å². The van der Waals surface area contributed by atoms with Crippen molar-refractivity contribution in [3.63, 3.8) is 0 Å². The van der Waals surface area contributed by atoms with Crippen LogP contribution in [0.15, 0.2) is 24.7 Å². The molecule has 3 aromatic heterocycles. The summed E-state index contributed by atoms with van der Waals surface area (Å²) in [5, 5.41) is 9.40. The predicted molar refractivity (Wildman–Crippen MR) is 98.3 cm³/mol. The van der Waals surface area contributed by atoms with E-state index in [-0.39, 0.29) is 5.92 Å². The van der Waals surface area contributed by atoms with E-state index in [1.165, 1.54) is 0 Å². The maximum Gasteiger partial charge on any atom is 0.166 e. The van der Waals surface area contributed by atoms with Crippen molar-refractivity contribution >= 4 is 0 Å². The number of aromatic nitrogens is 6. The highest BCUT2D eigenvalue weighted by molar-refractivity contribution is 5.60. The maximum atomic E-state index is 5.54. The molecule has 1 fully saturated rings. The standard InChI is InChI=1S/C19H24N6O/c1-4-8-24-14(3)16(11-21-24)19-22-18(15-6-9-26-12-15)23-25(19)17-5-7-20-10-13(17)2/h5,7,10-11,15H,4,6,8-9,12H2,1-3H3/t15-/m0/s1. The van der Waals surface area contributed by atoms with E-state index in [1.807, 2.05) is 34.7 Å². The third-order valence-corrected chi connectivity index (χ3v) is 4.92. The molecule has 0 radical (unpaired) electrons. The smallest absolute Gasteiger partial charge is 0.166 e. The highest BCUT2D eigenvalue weighted by Gasteiger charge is 2.26. The molecule has 0 N–H and O–H groups in total. The summed E-state index contributed by atoms with van der Waals surface area (Å²) in [7, 11) is 0. The summed E-state index contributed by atoms with van der Waals surface area (Å²) in [6.07, 6.45) is 7.55. The molecule has 1 atom stereocenters. The van der Waals surface area contributed by atoms with E-state index < -0.39 is 0 Å².